The van der Waals surface area contributed by atoms with Crippen molar-refractivity contribution in [3.05, 3.63) is 0 Å². The first-order valence-electron chi connectivity index (χ1n) is 8.15. The molecule has 120 valence electrons. The maximum Gasteiger partial charge on any atom is 0.324 e. The smallest absolute Gasteiger partial charge is 0.324 e. The first-order chi connectivity index (χ1) is 9.89. The SMILES string of the molecule is CCC1(C(=O)O)CCCN1CC(=O)N1CC(C)CC(C)C1. The Morgan fingerprint density at radius 2 is 1.86 bits per heavy atom. The van der Waals surface area contributed by atoms with E-state index in [0.717, 1.165) is 19.5 Å². The number of likely N-dealkylation sites (tertiary alicyclic amines) is 2. The van der Waals surface area contributed by atoms with E-state index in [2.05, 4.69) is 13.8 Å². The Morgan fingerprint density at radius 3 is 2.38 bits per heavy atom. The molecule has 5 nitrogen and oxygen atoms in total. The fourth-order valence-electron chi connectivity index (χ4n) is 4.09. The largest absolute Gasteiger partial charge is 0.480 e. The maximum atomic E-state index is 12.6. The van der Waals surface area contributed by atoms with E-state index in [9.17, 15) is 14.7 Å². The van der Waals surface area contributed by atoms with Crippen LogP contribution in [0.2, 0.25) is 0 Å². The highest BCUT2D eigenvalue weighted by Gasteiger charge is 2.47. The van der Waals surface area contributed by atoms with Crippen LogP contribution in [0.5, 0.6) is 0 Å². The summed E-state index contributed by atoms with van der Waals surface area (Å²) in [4.78, 5) is 28.0. The minimum atomic E-state index is -0.831. The van der Waals surface area contributed by atoms with Crippen molar-refractivity contribution >= 4 is 11.9 Å². The van der Waals surface area contributed by atoms with E-state index in [1.807, 2.05) is 16.7 Å². The van der Waals surface area contributed by atoms with E-state index < -0.39 is 11.5 Å². The van der Waals surface area contributed by atoms with Crippen LogP contribution < -0.4 is 0 Å². The van der Waals surface area contributed by atoms with E-state index >= 15 is 0 Å². The summed E-state index contributed by atoms with van der Waals surface area (Å²) in [6, 6.07) is 0. The van der Waals surface area contributed by atoms with Gasteiger partial charge in [0.25, 0.3) is 0 Å². The van der Waals surface area contributed by atoms with Crippen LogP contribution in [0.1, 0.15) is 46.5 Å². The lowest BCUT2D eigenvalue weighted by Crippen LogP contribution is -2.54. The quantitative estimate of drug-likeness (QED) is 0.859. The number of hydrogen-bond donors (Lipinski definition) is 1. The van der Waals surface area contributed by atoms with E-state index in [1.165, 1.54) is 6.42 Å². The maximum absolute atomic E-state index is 12.6. The Kier molecular flexibility index (Phi) is 4.91. The van der Waals surface area contributed by atoms with Gasteiger partial charge >= 0.3 is 5.97 Å². The average Bonchev–Trinajstić information content (AvgIpc) is 2.81. The number of hydrogen-bond acceptors (Lipinski definition) is 3. The molecule has 5 heteroatoms. The molecule has 0 aliphatic carbocycles. The molecule has 3 unspecified atom stereocenters. The predicted octanol–water partition coefficient (Wildman–Crippen LogP) is 1.82. The van der Waals surface area contributed by atoms with Crippen molar-refractivity contribution in [2.24, 2.45) is 11.8 Å². The van der Waals surface area contributed by atoms with Crippen LogP contribution in [-0.4, -0.2) is 58.5 Å². The van der Waals surface area contributed by atoms with Gasteiger partial charge < -0.3 is 10.0 Å². The van der Waals surface area contributed by atoms with Gasteiger partial charge in [-0.2, -0.15) is 0 Å². The van der Waals surface area contributed by atoms with Crippen LogP contribution in [0.4, 0.5) is 0 Å². The zero-order chi connectivity index (χ0) is 15.6. The predicted molar refractivity (Wildman–Crippen MR) is 81.0 cm³/mol. The van der Waals surface area contributed by atoms with Crippen LogP contribution in [-0.2, 0) is 9.59 Å². The van der Waals surface area contributed by atoms with E-state index in [0.29, 0.717) is 31.2 Å². The Labute approximate surface area is 127 Å². The molecule has 2 saturated heterocycles. The van der Waals surface area contributed by atoms with Gasteiger partial charge in [-0.25, -0.2) is 0 Å². The Balaban J connectivity index is 2.03. The Hall–Kier alpha value is -1.10. The second kappa shape index (κ2) is 6.34. The number of rotatable bonds is 4. The Morgan fingerprint density at radius 1 is 1.24 bits per heavy atom. The summed E-state index contributed by atoms with van der Waals surface area (Å²) in [5.74, 6) is 0.378. The summed E-state index contributed by atoms with van der Waals surface area (Å²) in [6.45, 7) is 8.84. The molecule has 0 radical (unpaired) electrons. The van der Waals surface area contributed by atoms with Gasteiger partial charge in [0.15, 0.2) is 0 Å². The summed E-state index contributed by atoms with van der Waals surface area (Å²) >= 11 is 0. The average molecular weight is 296 g/mol. The van der Waals surface area contributed by atoms with E-state index in [1.54, 1.807) is 0 Å². The van der Waals surface area contributed by atoms with E-state index in [-0.39, 0.29) is 12.5 Å². The third kappa shape index (κ3) is 3.23. The molecule has 0 spiro atoms. The first kappa shape index (κ1) is 16.3. The van der Waals surface area contributed by atoms with Crippen LogP contribution >= 0.6 is 0 Å². The van der Waals surface area contributed by atoms with Crippen molar-refractivity contribution in [1.29, 1.82) is 0 Å². The lowest BCUT2D eigenvalue weighted by molar-refractivity contribution is -0.151. The van der Waals surface area contributed by atoms with Crippen molar-refractivity contribution in [2.75, 3.05) is 26.2 Å². The fraction of sp³-hybridized carbons (Fsp3) is 0.875. The number of aliphatic carboxylic acids is 1. The van der Waals surface area contributed by atoms with Gasteiger partial charge in [-0.3, -0.25) is 14.5 Å². The minimum Gasteiger partial charge on any atom is -0.480 e. The lowest BCUT2D eigenvalue weighted by Gasteiger charge is -2.38. The molecule has 2 rings (SSSR count). The highest BCUT2D eigenvalue weighted by atomic mass is 16.4. The third-order valence-corrected chi connectivity index (χ3v) is 5.15. The van der Waals surface area contributed by atoms with Crippen LogP contribution in [0.3, 0.4) is 0 Å². The number of carbonyl (C=O) groups excluding carboxylic acids is 1. The van der Waals surface area contributed by atoms with Crippen molar-refractivity contribution < 1.29 is 14.7 Å². The molecular weight excluding hydrogens is 268 g/mol. The summed E-state index contributed by atoms with van der Waals surface area (Å²) in [5, 5.41) is 9.57. The van der Waals surface area contributed by atoms with Crippen molar-refractivity contribution in [1.82, 2.24) is 9.80 Å². The zero-order valence-corrected chi connectivity index (χ0v) is 13.5. The molecule has 2 aliphatic rings. The summed E-state index contributed by atoms with van der Waals surface area (Å²) in [7, 11) is 0. The normalized spacial score (nSPS) is 34.1. The van der Waals surface area contributed by atoms with Crippen LogP contribution in [0.15, 0.2) is 0 Å². The number of amides is 1. The summed E-state index contributed by atoms with van der Waals surface area (Å²) in [6.07, 6.45) is 3.24. The van der Waals surface area contributed by atoms with Crippen molar-refractivity contribution in [3.63, 3.8) is 0 Å². The van der Waals surface area contributed by atoms with Gasteiger partial charge in [0.05, 0.1) is 6.54 Å². The van der Waals surface area contributed by atoms with Gasteiger partial charge in [-0.05, 0) is 44.1 Å². The fourth-order valence-corrected chi connectivity index (χ4v) is 4.09. The highest BCUT2D eigenvalue weighted by Crippen LogP contribution is 2.33. The molecule has 2 heterocycles. The van der Waals surface area contributed by atoms with Crippen LogP contribution in [0, 0.1) is 11.8 Å². The molecule has 21 heavy (non-hydrogen) atoms. The highest BCUT2D eigenvalue weighted by molar-refractivity contribution is 5.82. The second-order valence-corrected chi connectivity index (χ2v) is 6.96. The molecule has 0 bridgehead atoms. The molecule has 1 amide bonds. The molecule has 0 aromatic rings. The molecular formula is C16H28N2O3. The monoisotopic (exact) mass is 296 g/mol. The van der Waals surface area contributed by atoms with Crippen molar-refractivity contribution in [2.45, 2.75) is 52.0 Å². The van der Waals surface area contributed by atoms with Crippen molar-refractivity contribution in [3.8, 4) is 0 Å². The molecule has 2 aliphatic heterocycles. The standard InChI is InChI=1S/C16H28N2O3/c1-4-16(15(20)21)6-5-7-18(16)11-14(19)17-9-12(2)8-13(3)10-17/h12-13H,4-11H2,1-3H3,(H,20,21). The number of nitrogens with zero attached hydrogens (tertiary/aromatic N) is 2. The zero-order valence-electron chi connectivity index (χ0n) is 13.5. The van der Waals surface area contributed by atoms with E-state index in [4.69, 9.17) is 0 Å². The number of piperidine rings is 1. The first-order valence-corrected chi connectivity index (χ1v) is 8.15. The summed E-state index contributed by atoms with van der Waals surface area (Å²) < 4.78 is 0. The molecule has 1 N–H and O–H groups in total. The summed E-state index contributed by atoms with van der Waals surface area (Å²) in [5.41, 5.74) is -0.831. The molecule has 0 aromatic carbocycles. The lowest BCUT2D eigenvalue weighted by atomic mass is 9.91. The number of carboxylic acid groups (broad SMARTS) is 1. The van der Waals surface area contributed by atoms with Gasteiger partial charge in [0, 0.05) is 13.1 Å². The third-order valence-electron chi connectivity index (χ3n) is 5.15. The molecule has 2 fully saturated rings. The molecule has 0 aromatic heterocycles. The topological polar surface area (TPSA) is 60.9 Å². The second-order valence-electron chi connectivity index (χ2n) is 6.96. The van der Waals surface area contributed by atoms with Gasteiger partial charge in [0.2, 0.25) is 5.91 Å². The Bertz CT molecular complexity index is 402. The number of carboxylic acids is 1. The minimum absolute atomic E-state index is 0.0920. The molecule has 3 atom stereocenters. The molecule has 0 saturated carbocycles. The number of carbonyl (C=O) groups is 2. The van der Waals surface area contributed by atoms with Gasteiger partial charge in [0.1, 0.15) is 5.54 Å². The van der Waals surface area contributed by atoms with Crippen LogP contribution in [0.25, 0.3) is 0 Å². The van der Waals surface area contributed by atoms with Gasteiger partial charge in [-0.15, -0.1) is 0 Å². The van der Waals surface area contributed by atoms with Gasteiger partial charge in [-0.1, -0.05) is 20.8 Å².